The van der Waals surface area contributed by atoms with Crippen LogP contribution >= 0.6 is 0 Å². The maximum Gasteiger partial charge on any atom is 0.218 e. The quantitative estimate of drug-likeness (QED) is 0.863. The van der Waals surface area contributed by atoms with Gasteiger partial charge in [0.1, 0.15) is 12.1 Å². The van der Waals surface area contributed by atoms with Gasteiger partial charge in [0.25, 0.3) is 0 Å². The van der Waals surface area contributed by atoms with Crippen LogP contribution in [0.1, 0.15) is 37.1 Å². The van der Waals surface area contributed by atoms with E-state index in [1.54, 1.807) is 6.33 Å². The van der Waals surface area contributed by atoms with Crippen molar-refractivity contribution in [2.75, 3.05) is 18.1 Å². The largest absolute Gasteiger partial charge is 0.478 e. The van der Waals surface area contributed by atoms with Gasteiger partial charge in [-0.1, -0.05) is 0 Å². The van der Waals surface area contributed by atoms with Gasteiger partial charge in [-0.15, -0.1) is 0 Å². The monoisotopic (exact) mass is 287 g/mol. The highest BCUT2D eigenvalue weighted by Crippen LogP contribution is 2.36. The number of aryl methyl sites for hydroxylation is 1. The number of hydrogen-bond acceptors (Lipinski definition) is 5. The van der Waals surface area contributed by atoms with E-state index in [0.717, 1.165) is 25.2 Å². The zero-order chi connectivity index (χ0) is 14.8. The van der Waals surface area contributed by atoms with Gasteiger partial charge in [0.2, 0.25) is 5.88 Å². The second-order valence-corrected chi connectivity index (χ2v) is 5.31. The third-order valence-corrected chi connectivity index (χ3v) is 4.10. The maximum atomic E-state index is 5.48. The van der Waals surface area contributed by atoms with Crippen LogP contribution in [0.2, 0.25) is 0 Å². The van der Waals surface area contributed by atoms with E-state index in [2.05, 4.69) is 26.9 Å². The summed E-state index contributed by atoms with van der Waals surface area (Å²) in [4.78, 5) is 10.9. The van der Waals surface area contributed by atoms with Crippen molar-refractivity contribution in [3.8, 4) is 5.88 Å². The molecule has 0 amide bonds. The Morgan fingerprint density at radius 2 is 2.24 bits per heavy atom. The Bertz CT molecular complexity index is 624. The zero-order valence-corrected chi connectivity index (χ0v) is 12.8. The van der Waals surface area contributed by atoms with Gasteiger partial charge in [0.15, 0.2) is 0 Å². The van der Waals surface area contributed by atoms with Gasteiger partial charge < -0.3 is 9.64 Å². The molecule has 6 nitrogen and oxygen atoms in total. The van der Waals surface area contributed by atoms with Crippen molar-refractivity contribution >= 4 is 5.82 Å². The summed E-state index contributed by atoms with van der Waals surface area (Å²) < 4.78 is 7.41. The lowest BCUT2D eigenvalue weighted by atomic mass is 10.1. The predicted molar refractivity (Wildman–Crippen MR) is 80.5 cm³/mol. The Morgan fingerprint density at radius 1 is 1.38 bits per heavy atom. The van der Waals surface area contributed by atoms with Gasteiger partial charge in [-0.3, -0.25) is 4.68 Å². The van der Waals surface area contributed by atoms with Crippen LogP contribution in [0.25, 0.3) is 0 Å². The molecule has 112 valence electrons. The van der Waals surface area contributed by atoms with Gasteiger partial charge >= 0.3 is 0 Å². The van der Waals surface area contributed by atoms with Gasteiger partial charge in [0.05, 0.1) is 18.8 Å². The van der Waals surface area contributed by atoms with E-state index in [4.69, 9.17) is 4.74 Å². The molecule has 6 heteroatoms. The van der Waals surface area contributed by atoms with Crippen LogP contribution in [-0.4, -0.2) is 32.9 Å². The van der Waals surface area contributed by atoms with Crippen molar-refractivity contribution in [1.82, 2.24) is 19.7 Å². The number of hydrogen-bond donors (Lipinski definition) is 0. The fourth-order valence-electron chi connectivity index (χ4n) is 2.92. The van der Waals surface area contributed by atoms with Crippen LogP contribution in [0, 0.1) is 6.92 Å². The summed E-state index contributed by atoms with van der Waals surface area (Å²) in [6.07, 6.45) is 5.84. The third kappa shape index (κ3) is 2.57. The van der Waals surface area contributed by atoms with Crippen molar-refractivity contribution in [2.45, 2.75) is 32.7 Å². The average Bonchev–Trinajstić information content (AvgIpc) is 3.08. The first-order valence-electron chi connectivity index (χ1n) is 7.40. The summed E-state index contributed by atoms with van der Waals surface area (Å²) in [6.45, 7) is 5.69. The highest BCUT2D eigenvalue weighted by atomic mass is 16.5. The molecular weight excluding hydrogens is 266 g/mol. The smallest absolute Gasteiger partial charge is 0.218 e. The third-order valence-electron chi connectivity index (χ3n) is 4.10. The molecular formula is C15H21N5O. The van der Waals surface area contributed by atoms with Crippen LogP contribution in [0.15, 0.2) is 18.6 Å². The first-order chi connectivity index (χ1) is 10.2. The lowest BCUT2D eigenvalue weighted by molar-refractivity contribution is 0.326. The topological polar surface area (TPSA) is 56.1 Å². The number of ether oxygens (including phenoxy) is 1. The van der Waals surface area contributed by atoms with E-state index in [-0.39, 0.29) is 0 Å². The number of anilines is 1. The molecule has 1 atom stereocenters. The normalized spacial score (nSPS) is 18.2. The molecule has 3 rings (SSSR count). The zero-order valence-electron chi connectivity index (χ0n) is 12.8. The van der Waals surface area contributed by atoms with Crippen molar-refractivity contribution in [3.63, 3.8) is 0 Å². The lowest BCUT2D eigenvalue weighted by Gasteiger charge is -2.25. The molecule has 0 radical (unpaired) electrons. The van der Waals surface area contributed by atoms with Crippen molar-refractivity contribution in [3.05, 3.63) is 29.8 Å². The second kappa shape index (κ2) is 5.71. The minimum Gasteiger partial charge on any atom is -0.478 e. The van der Waals surface area contributed by atoms with Crippen LogP contribution in [0.3, 0.4) is 0 Å². The van der Waals surface area contributed by atoms with Crippen LogP contribution < -0.4 is 9.64 Å². The fourth-order valence-corrected chi connectivity index (χ4v) is 2.92. The molecule has 0 N–H and O–H groups in total. The molecule has 21 heavy (non-hydrogen) atoms. The molecule has 2 aromatic rings. The molecule has 2 aromatic heterocycles. The van der Waals surface area contributed by atoms with Gasteiger partial charge in [-0.2, -0.15) is 5.10 Å². The molecule has 0 bridgehead atoms. The first-order valence-corrected chi connectivity index (χ1v) is 7.40. The molecule has 0 saturated carbocycles. The molecule has 3 heterocycles. The van der Waals surface area contributed by atoms with Crippen molar-refractivity contribution < 1.29 is 4.74 Å². The molecule has 0 aliphatic carbocycles. The Balaban J connectivity index is 1.90. The highest BCUT2D eigenvalue weighted by Gasteiger charge is 2.29. The van der Waals surface area contributed by atoms with E-state index < -0.39 is 0 Å². The summed E-state index contributed by atoms with van der Waals surface area (Å²) >= 11 is 0. The average molecular weight is 287 g/mol. The van der Waals surface area contributed by atoms with Crippen molar-refractivity contribution in [2.24, 2.45) is 7.05 Å². The molecule has 0 unspecified atom stereocenters. The second-order valence-electron chi connectivity index (χ2n) is 5.31. The van der Waals surface area contributed by atoms with Gasteiger partial charge in [0, 0.05) is 30.9 Å². The van der Waals surface area contributed by atoms with Crippen LogP contribution in [0.5, 0.6) is 5.88 Å². The predicted octanol–water partition coefficient (Wildman–Crippen LogP) is 2.26. The molecule has 1 aliphatic rings. The lowest BCUT2D eigenvalue weighted by Crippen LogP contribution is -2.24. The van der Waals surface area contributed by atoms with E-state index in [1.165, 1.54) is 11.3 Å². The highest BCUT2D eigenvalue weighted by molar-refractivity contribution is 5.46. The molecule has 1 fully saturated rings. The van der Waals surface area contributed by atoms with E-state index in [9.17, 15) is 0 Å². The standard InChI is InChI=1S/C15H21N5O/c1-4-21-15-8-14(16-10-17-15)20-7-5-6-13(20)12-9-18-19(3)11(12)2/h8-10,13H,4-7H2,1-3H3/t13-/m0/s1. The molecule has 0 spiro atoms. The summed E-state index contributed by atoms with van der Waals surface area (Å²) in [7, 11) is 1.98. The number of aromatic nitrogens is 4. The molecule has 1 saturated heterocycles. The van der Waals surface area contributed by atoms with E-state index in [1.807, 2.05) is 30.9 Å². The summed E-state index contributed by atoms with van der Waals surface area (Å²) in [5.74, 6) is 1.57. The van der Waals surface area contributed by atoms with E-state index >= 15 is 0 Å². The maximum absolute atomic E-state index is 5.48. The van der Waals surface area contributed by atoms with Gasteiger partial charge in [-0.25, -0.2) is 9.97 Å². The summed E-state index contributed by atoms with van der Waals surface area (Å²) in [6, 6.07) is 2.26. The Kier molecular flexibility index (Phi) is 3.77. The molecule has 1 aliphatic heterocycles. The molecule has 0 aromatic carbocycles. The SMILES string of the molecule is CCOc1cc(N2CCC[C@H]2c2cnn(C)c2C)ncn1. The summed E-state index contributed by atoms with van der Waals surface area (Å²) in [5.41, 5.74) is 2.50. The van der Waals surface area contributed by atoms with Crippen molar-refractivity contribution in [1.29, 1.82) is 0 Å². The Morgan fingerprint density at radius 3 is 2.95 bits per heavy atom. The number of rotatable bonds is 4. The Labute approximate surface area is 124 Å². The van der Waals surface area contributed by atoms with Gasteiger partial charge in [-0.05, 0) is 26.7 Å². The Hall–Kier alpha value is -2.11. The van der Waals surface area contributed by atoms with Crippen LogP contribution in [-0.2, 0) is 7.05 Å². The number of nitrogens with zero attached hydrogens (tertiary/aromatic N) is 5. The summed E-state index contributed by atoms with van der Waals surface area (Å²) in [5, 5.41) is 4.37. The fraction of sp³-hybridized carbons (Fsp3) is 0.533. The first kappa shape index (κ1) is 13.9. The minimum atomic E-state index is 0.336. The minimum absolute atomic E-state index is 0.336. The van der Waals surface area contributed by atoms with Crippen LogP contribution in [0.4, 0.5) is 5.82 Å². The van der Waals surface area contributed by atoms with E-state index in [0.29, 0.717) is 18.5 Å².